The van der Waals surface area contributed by atoms with E-state index in [1.807, 2.05) is 29.2 Å². The molecule has 2 heterocycles. The molecule has 1 N–H and O–H groups in total. The summed E-state index contributed by atoms with van der Waals surface area (Å²) in [4.78, 5) is 23.2. The maximum atomic E-state index is 12.7. The second-order valence-electron chi connectivity index (χ2n) is 5.73. The quantitative estimate of drug-likeness (QED) is 0.891. The Hall–Kier alpha value is -2.67. The van der Waals surface area contributed by atoms with Gasteiger partial charge in [-0.25, -0.2) is 4.98 Å². The van der Waals surface area contributed by atoms with E-state index in [0.717, 1.165) is 17.0 Å². The fraction of sp³-hybridized carbons (Fsp3) is 0.389. The van der Waals surface area contributed by atoms with E-state index in [4.69, 9.17) is 9.47 Å². The largest absolute Gasteiger partial charge is 0.496 e. The van der Waals surface area contributed by atoms with Gasteiger partial charge in [-0.3, -0.25) is 9.78 Å². The Morgan fingerprint density at radius 3 is 2.96 bits per heavy atom. The van der Waals surface area contributed by atoms with Crippen molar-refractivity contribution in [3.8, 4) is 5.75 Å². The lowest BCUT2D eigenvalue weighted by Crippen LogP contribution is -2.43. The van der Waals surface area contributed by atoms with Crippen molar-refractivity contribution in [2.45, 2.75) is 12.5 Å². The summed E-state index contributed by atoms with van der Waals surface area (Å²) < 4.78 is 11.2. The molecule has 1 aliphatic rings. The van der Waals surface area contributed by atoms with Crippen molar-refractivity contribution >= 4 is 11.7 Å². The number of para-hydroxylation sites is 1. The van der Waals surface area contributed by atoms with E-state index in [1.54, 1.807) is 26.6 Å². The molecule has 1 fully saturated rings. The van der Waals surface area contributed by atoms with Crippen LogP contribution in [0.1, 0.15) is 17.4 Å². The van der Waals surface area contributed by atoms with Gasteiger partial charge >= 0.3 is 0 Å². The second kappa shape index (κ2) is 7.94. The normalized spacial score (nSPS) is 17.2. The number of ether oxygens (including phenoxy) is 2. The van der Waals surface area contributed by atoms with Crippen molar-refractivity contribution in [1.82, 2.24) is 14.9 Å². The monoisotopic (exact) mass is 342 g/mol. The van der Waals surface area contributed by atoms with Gasteiger partial charge < -0.3 is 19.7 Å². The Bertz CT molecular complexity index is 738. The standard InChI is InChI=1S/C18H22N4O3/c1-19-18-17(20-7-8-21-18)15-12-22(9-10-25-15)16(23)11-13-5-3-4-6-14(13)24-2/h3-8,15H,9-12H2,1-2H3,(H,19,21)/t15-/m0/s1. The van der Waals surface area contributed by atoms with Crippen LogP contribution in [0.3, 0.4) is 0 Å². The number of carbonyl (C=O) groups excluding carboxylic acids is 1. The molecule has 0 saturated carbocycles. The summed E-state index contributed by atoms with van der Waals surface area (Å²) in [6.45, 7) is 1.50. The van der Waals surface area contributed by atoms with E-state index in [0.29, 0.717) is 31.9 Å². The molecule has 2 aromatic rings. The first-order valence-electron chi connectivity index (χ1n) is 8.23. The Kier molecular flexibility index (Phi) is 5.45. The fourth-order valence-electron chi connectivity index (χ4n) is 2.94. The molecule has 3 rings (SSSR count). The zero-order chi connectivity index (χ0) is 17.6. The summed E-state index contributed by atoms with van der Waals surface area (Å²) >= 11 is 0. The summed E-state index contributed by atoms with van der Waals surface area (Å²) in [6, 6.07) is 7.58. The van der Waals surface area contributed by atoms with E-state index < -0.39 is 0 Å². The van der Waals surface area contributed by atoms with Gasteiger partial charge in [0.25, 0.3) is 0 Å². The van der Waals surface area contributed by atoms with Crippen LogP contribution in [0.5, 0.6) is 5.75 Å². The minimum absolute atomic E-state index is 0.0488. The van der Waals surface area contributed by atoms with E-state index in [9.17, 15) is 4.79 Å². The van der Waals surface area contributed by atoms with E-state index in [-0.39, 0.29) is 12.0 Å². The average molecular weight is 342 g/mol. The number of benzene rings is 1. The Labute approximate surface area is 147 Å². The number of nitrogens with zero attached hydrogens (tertiary/aromatic N) is 3. The van der Waals surface area contributed by atoms with Crippen molar-refractivity contribution in [2.75, 3.05) is 39.2 Å². The third-order valence-electron chi connectivity index (χ3n) is 4.22. The summed E-state index contributed by atoms with van der Waals surface area (Å²) in [5, 5.41) is 3.02. The molecule has 1 amide bonds. The third kappa shape index (κ3) is 3.88. The molecular formula is C18H22N4O3. The van der Waals surface area contributed by atoms with Gasteiger partial charge in [0, 0.05) is 31.5 Å². The van der Waals surface area contributed by atoms with Crippen LogP contribution < -0.4 is 10.1 Å². The number of nitrogens with one attached hydrogen (secondary N) is 1. The number of hydrogen-bond donors (Lipinski definition) is 1. The van der Waals surface area contributed by atoms with Crippen LogP contribution >= 0.6 is 0 Å². The Balaban J connectivity index is 1.71. The molecule has 25 heavy (non-hydrogen) atoms. The SMILES string of the molecule is CNc1nccnc1[C@@H]1CN(C(=O)Cc2ccccc2OC)CCO1. The number of aromatic nitrogens is 2. The zero-order valence-corrected chi connectivity index (χ0v) is 14.4. The molecule has 0 aliphatic carbocycles. The van der Waals surface area contributed by atoms with Crippen LogP contribution in [-0.4, -0.2) is 54.6 Å². The average Bonchev–Trinajstić information content (AvgIpc) is 2.68. The van der Waals surface area contributed by atoms with Crippen LogP contribution in [-0.2, 0) is 16.0 Å². The van der Waals surface area contributed by atoms with Gasteiger partial charge in [0.15, 0.2) is 0 Å². The van der Waals surface area contributed by atoms with Gasteiger partial charge in [-0.2, -0.15) is 0 Å². The number of hydrogen-bond acceptors (Lipinski definition) is 6. The first-order valence-corrected chi connectivity index (χ1v) is 8.23. The molecule has 1 aliphatic heterocycles. The maximum Gasteiger partial charge on any atom is 0.227 e. The van der Waals surface area contributed by atoms with Crippen LogP contribution in [0.25, 0.3) is 0 Å². The van der Waals surface area contributed by atoms with Crippen molar-refractivity contribution in [2.24, 2.45) is 0 Å². The Morgan fingerprint density at radius 1 is 1.36 bits per heavy atom. The van der Waals surface area contributed by atoms with Crippen LogP contribution in [0, 0.1) is 0 Å². The number of rotatable bonds is 5. The van der Waals surface area contributed by atoms with E-state index >= 15 is 0 Å². The highest BCUT2D eigenvalue weighted by molar-refractivity contribution is 5.79. The highest BCUT2D eigenvalue weighted by Gasteiger charge is 2.28. The number of methoxy groups -OCH3 is 1. The van der Waals surface area contributed by atoms with Gasteiger partial charge in [-0.05, 0) is 6.07 Å². The molecular weight excluding hydrogens is 320 g/mol. The van der Waals surface area contributed by atoms with Crippen molar-refractivity contribution in [1.29, 1.82) is 0 Å². The summed E-state index contributed by atoms with van der Waals surface area (Å²) in [5.41, 5.74) is 1.60. The minimum Gasteiger partial charge on any atom is -0.496 e. The molecule has 0 radical (unpaired) electrons. The molecule has 1 saturated heterocycles. The second-order valence-corrected chi connectivity index (χ2v) is 5.73. The summed E-state index contributed by atoms with van der Waals surface area (Å²) in [6.07, 6.45) is 3.28. The van der Waals surface area contributed by atoms with Gasteiger partial charge in [0.05, 0.1) is 26.7 Å². The lowest BCUT2D eigenvalue weighted by molar-refractivity contribution is -0.138. The molecule has 1 aromatic heterocycles. The molecule has 0 unspecified atom stereocenters. The zero-order valence-electron chi connectivity index (χ0n) is 14.4. The molecule has 1 atom stereocenters. The first kappa shape index (κ1) is 17.2. The molecule has 7 heteroatoms. The number of amides is 1. The highest BCUT2D eigenvalue weighted by Crippen LogP contribution is 2.26. The predicted molar refractivity (Wildman–Crippen MR) is 93.5 cm³/mol. The number of anilines is 1. The minimum atomic E-state index is -0.286. The van der Waals surface area contributed by atoms with Crippen LogP contribution in [0.15, 0.2) is 36.7 Å². The maximum absolute atomic E-state index is 12.7. The highest BCUT2D eigenvalue weighted by atomic mass is 16.5. The van der Waals surface area contributed by atoms with Crippen molar-refractivity contribution in [3.05, 3.63) is 47.9 Å². The summed E-state index contributed by atoms with van der Waals surface area (Å²) in [5.74, 6) is 1.45. The lowest BCUT2D eigenvalue weighted by Gasteiger charge is -2.33. The van der Waals surface area contributed by atoms with Crippen LogP contribution in [0.2, 0.25) is 0 Å². The third-order valence-corrected chi connectivity index (χ3v) is 4.22. The molecule has 132 valence electrons. The van der Waals surface area contributed by atoms with Crippen molar-refractivity contribution < 1.29 is 14.3 Å². The number of morpholine rings is 1. The lowest BCUT2D eigenvalue weighted by atomic mass is 10.1. The molecule has 0 spiro atoms. The van der Waals surface area contributed by atoms with Gasteiger partial charge in [0.2, 0.25) is 5.91 Å². The Morgan fingerprint density at radius 2 is 2.16 bits per heavy atom. The van der Waals surface area contributed by atoms with E-state index in [1.165, 1.54) is 0 Å². The molecule has 0 bridgehead atoms. The van der Waals surface area contributed by atoms with Crippen molar-refractivity contribution in [3.63, 3.8) is 0 Å². The first-order chi connectivity index (χ1) is 12.2. The predicted octanol–water partition coefficient (Wildman–Crippen LogP) is 1.67. The van der Waals surface area contributed by atoms with Crippen LogP contribution in [0.4, 0.5) is 5.82 Å². The number of carbonyl (C=O) groups is 1. The van der Waals surface area contributed by atoms with E-state index in [2.05, 4.69) is 15.3 Å². The van der Waals surface area contributed by atoms with Gasteiger partial charge in [-0.1, -0.05) is 18.2 Å². The summed E-state index contributed by atoms with van der Waals surface area (Å²) in [7, 11) is 3.41. The molecule has 1 aromatic carbocycles. The smallest absolute Gasteiger partial charge is 0.227 e. The fourth-order valence-corrected chi connectivity index (χ4v) is 2.94. The topological polar surface area (TPSA) is 76.6 Å². The van der Waals surface area contributed by atoms with Gasteiger partial charge in [-0.15, -0.1) is 0 Å². The van der Waals surface area contributed by atoms with Gasteiger partial charge in [0.1, 0.15) is 23.4 Å². The molecule has 7 nitrogen and oxygen atoms in total.